The Morgan fingerprint density at radius 3 is 2.38 bits per heavy atom. The van der Waals surface area contributed by atoms with Gasteiger partial charge in [0.15, 0.2) is 6.10 Å². The number of piperidine rings is 1. The molecule has 1 aliphatic heterocycles. The van der Waals surface area contributed by atoms with Gasteiger partial charge in [-0.2, -0.15) is 0 Å². The smallest absolute Gasteiger partial charge is 0.253 e. The van der Waals surface area contributed by atoms with Crippen molar-refractivity contribution in [3.63, 3.8) is 0 Å². The van der Waals surface area contributed by atoms with Crippen molar-refractivity contribution in [2.24, 2.45) is 5.92 Å². The van der Waals surface area contributed by atoms with E-state index in [9.17, 15) is 9.59 Å². The van der Waals surface area contributed by atoms with Crippen LogP contribution in [0.1, 0.15) is 44.8 Å². The number of nitrogens with one attached hydrogen (secondary N) is 1. The van der Waals surface area contributed by atoms with Crippen molar-refractivity contribution in [2.45, 2.75) is 45.3 Å². The Balaban J connectivity index is 1.84. The number of hydrogen-bond donors (Lipinski definition) is 1. The second kappa shape index (κ2) is 8.83. The molecule has 1 atom stereocenters. The monoisotopic (exact) mass is 332 g/mol. The lowest BCUT2D eigenvalue weighted by molar-refractivity contribution is -0.134. The number of hydrogen-bond acceptors (Lipinski definition) is 3. The highest BCUT2D eigenvalue weighted by atomic mass is 16.5. The second-order valence-corrected chi connectivity index (χ2v) is 6.79. The number of likely N-dealkylation sites (tertiary alicyclic amines) is 1. The molecular weight excluding hydrogens is 304 g/mol. The van der Waals surface area contributed by atoms with Crippen LogP contribution in [0.5, 0.6) is 0 Å². The average Bonchev–Trinajstić information content (AvgIpc) is 2.56. The minimum absolute atomic E-state index is 0.0990. The number of carbonyl (C=O) groups excluding carboxylic acids is 2. The van der Waals surface area contributed by atoms with E-state index in [1.165, 1.54) is 0 Å². The van der Waals surface area contributed by atoms with Crippen LogP contribution in [0.15, 0.2) is 30.3 Å². The molecule has 0 radical (unpaired) electrons. The Kier molecular flexibility index (Phi) is 6.79. The van der Waals surface area contributed by atoms with Crippen molar-refractivity contribution in [1.82, 2.24) is 10.2 Å². The van der Waals surface area contributed by atoms with Gasteiger partial charge in [0.05, 0.1) is 0 Å². The summed E-state index contributed by atoms with van der Waals surface area (Å²) in [6, 6.07) is 9.59. The summed E-state index contributed by atoms with van der Waals surface area (Å²) >= 11 is 0. The molecule has 1 aromatic rings. The average molecular weight is 332 g/mol. The van der Waals surface area contributed by atoms with Crippen LogP contribution in [-0.2, 0) is 14.3 Å². The van der Waals surface area contributed by atoms with E-state index in [1.807, 2.05) is 35.2 Å². The zero-order chi connectivity index (χ0) is 17.5. The molecule has 0 saturated carbocycles. The molecule has 132 valence electrons. The lowest BCUT2D eigenvalue weighted by Gasteiger charge is -2.33. The molecule has 1 N–H and O–H groups in total. The fourth-order valence-corrected chi connectivity index (χ4v) is 3.05. The molecule has 0 aliphatic carbocycles. The highest BCUT2D eigenvalue weighted by Crippen LogP contribution is 2.19. The van der Waals surface area contributed by atoms with Gasteiger partial charge in [-0.05, 0) is 24.3 Å². The van der Waals surface area contributed by atoms with Gasteiger partial charge in [-0.15, -0.1) is 0 Å². The lowest BCUT2D eigenvalue weighted by atomic mass is 10.0. The Labute approximate surface area is 144 Å². The third-order valence-electron chi connectivity index (χ3n) is 4.35. The van der Waals surface area contributed by atoms with E-state index >= 15 is 0 Å². The largest absolute Gasteiger partial charge is 0.367 e. The third kappa shape index (κ3) is 5.06. The maximum absolute atomic E-state index is 12.5. The summed E-state index contributed by atoms with van der Waals surface area (Å²) in [5.74, 6) is 0.479. The fourth-order valence-electron chi connectivity index (χ4n) is 3.05. The number of nitrogens with zero attached hydrogens (tertiary/aromatic N) is 1. The summed E-state index contributed by atoms with van der Waals surface area (Å²) in [6.07, 6.45) is 1.59. The van der Waals surface area contributed by atoms with Crippen LogP contribution in [0.2, 0.25) is 0 Å². The first-order valence-corrected chi connectivity index (χ1v) is 8.67. The van der Waals surface area contributed by atoms with Crippen LogP contribution >= 0.6 is 0 Å². The first-order chi connectivity index (χ1) is 11.5. The van der Waals surface area contributed by atoms with Gasteiger partial charge < -0.3 is 15.0 Å². The maximum atomic E-state index is 12.5. The maximum Gasteiger partial charge on any atom is 0.253 e. The van der Waals surface area contributed by atoms with Crippen molar-refractivity contribution < 1.29 is 14.3 Å². The summed E-state index contributed by atoms with van der Waals surface area (Å²) in [6.45, 7) is 5.53. The molecule has 1 saturated heterocycles. The highest BCUT2D eigenvalue weighted by molar-refractivity contribution is 5.82. The van der Waals surface area contributed by atoms with Gasteiger partial charge in [-0.3, -0.25) is 9.59 Å². The quantitative estimate of drug-likeness (QED) is 0.871. The number of amides is 2. The molecule has 1 unspecified atom stereocenters. The Bertz CT molecular complexity index is 537. The molecule has 0 aromatic heterocycles. The molecule has 2 amide bonds. The third-order valence-corrected chi connectivity index (χ3v) is 4.35. The SMILES string of the molecule is COC(C(=O)NC1CCN(C(=O)CC(C)C)CC1)c1ccccc1. The lowest BCUT2D eigenvalue weighted by Crippen LogP contribution is -2.47. The number of methoxy groups -OCH3 is 1. The number of benzene rings is 1. The predicted molar refractivity (Wildman–Crippen MR) is 93.4 cm³/mol. The van der Waals surface area contributed by atoms with E-state index in [0.717, 1.165) is 18.4 Å². The van der Waals surface area contributed by atoms with Crippen LogP contribution in [-0.4, -0.2) is 43.0 Å². The Morgan fingerprint density at radius 1 is 1.21 bits per heavy atom. The van der Waals surface area contributed by atoms with Crippen molar-refractivity contribution in [2.75, 3.05) is 20.2 Å². The molecule has 2 rings (SSSR count). The highest BCUT2D eigenvalue weighted by Gasteiger charge is 2.27. The minimum atomic E-state index is -0.591. The predicted octanol–water partition coefficient (Wildman–Crippen LogP) is 2.53. The van der Waals surface area contributed by atoms with E-state index in [4.69, 9.17) is 4.74 Å². The van der Waals surface area contributed by atoms with Crippen LogP contribution in [0.3, 0.4) is 0 Å². The first kappa shape index (κ1) is 18.5. The van der Waals surface area contributed by atoms with E-state index < -0.39 is 6.10 Å². The number of carbonyl (C=O) groups is 2. The summed E-state index contributed by atoms with van der Waals surface area (Å²) in [7, 11) is 1.55. The van der Waals surface area contributed by atoms with E-state index in [1.54, 1.807) is 7.11 Å². The van der Waals surface area contributed by atoms with Gasteiger partial charge >= 0.3 is 0 Å². The molecule has 24 heavy (non-hydrogen) atoms. The van der Waals surface area contributed by atoms with E-state index in [0.29, 0.717) is 25.4 Å². The molecule has 1 heterocycles. The van der Waals surface area contributed by atoms with Crippen molar-refractivity contribution in [3.05, 3.63) is 35.9 Å². The summed E-state index contributed by atoms with van der Waals surface area (Å²) in [5, 5.41) is 3.07. The van der Waals surface area contributed by atoms with Gasteiger partial charge in [-0.25, -0.2) is 0 Å². The van der Waals surface area contributed by atoms with Crippen LogP contribution < -0.4 is 5.32 Å². The normalized spacial score (nSPS) is 16.9. The van der Waals surface area contributed by atoms with Gasteiger partial charge in [0.2, 0.25) is 5.91 Å². The van der Waals surface area contributed by atoms with Crippen LogP contribution in [0.4, 0.5) is 0 Å². The van der Waals surface area contributed by atoms with Gasteiger partial charge in [0.1, 0.15) is 0 Å². The summed E-state index contributed by atoms with van der Waals surface area (Å²) < 4.78 is 5.37. The van der Waals surface area contributed by atoms with Gasteiger partial charge in [-0.1, -0.05) is 44.2 Å². The topological polar surface area (TPSA) is 58.6 Å². The van der Waals surface area contributed by atoms with E-state index in [2.05, 4.69) is 19.2 Å². The van der Waals surface area contributed by atoms with Crippen LogP contribution in [0.25, 0.3) is 0 Å². The van der Waals surface area contributed by atoms with Gasteiger partial charge in [0, 0.05) is 32.7 Å². The molecule has 1 aromatic carbocycles. The van der Waals surface area contributed by atoms with Crippen molar-refractivity contribution in [1.29, 1.82) is 0 Å². The summed E-state index contributed by atoms with van der Waals surface area (Å²) in [5.41, 5.74) is 0.849. The molecular formula is C19H28N2O3. The van der Waals surface area contributed by atoms with Gasteiger partial charge in [0.25, 0.3) is 5.91 Å². The zero-order valence-corrected chi connectivity index (χ0v) is 14.8. The second-order valence-electron chi connectivity index (χ2n) is 6.79. The number of ether oxygens (including phenoxy) is 1. The molecule has 1 aliphatic rings. The Morgan fingerprint density at radius 2 is 1.83 bits per heavy atom. The molecule has 5 nitrogen and oxygen atoms in total. The fraction of sp³-hybridized carbons (Fsp3) is 0.579. The van der Waals surface area contributed by atoms with Crippen molar-refractivity contribution >= 4 is 11.8 Å². The van der Waals surface area contributed by atoms with Crippen molar-refractivity contribution in [3.8, 4) is 0 Å². The molecule has 0 spiro atoms. The standard InChI is InChI=1S/C19H28N2O3/c1-14(2)13-17(22)21-11-9-16(10-12-21)20-19(23)18(24-3)15-7-5-4-6-8-15/h4-8,14,16,18H,9-13H2,1-3H3,(H,20,23). The number of rotatable bonds is 6. The molecule has 1 fully saturated rings. The molecule has 5 heteroatoms. The van der Waals surface area contributed by atoms with E-state index in [-0.39, 0.29) is 17.9 Å². The summed E-state index contributed by atoms with van der Waals surface area (Å²) in [4.78, 5) is 26.5. The first-order valence-electron chi connectivity index (χ1n) is 8.67. The minimum Gasteiger partial charge on any atom is -0.367 e. The Hall–Kier alpha value is -1.88. The molecule has 0 bridgehead atoms. The zero-order valence-electron chi connectivity index (χ0n) is 14.8. The van der Waals surface area contributed by atoms with Crippen LogP contribution in [0, 0.1) is 5.92 Å².